The van der Waals surface area contributed by atoms with E-state index in [1.165, 1.54) is 17.6 Å². The molecule has 1 aromatic carbocycles. The van der Waals surface area contributed by atoms with Crippen LogP contribution < -0.4 is 14.8 Å². The van der Waals surface area contributed by atoms with E-state index >= 15 is 0 Å². The molecule has 0 saturated heterocycles. The summed E-state index contributed by atoms with van der Waals surface area (Å²) in [5, 5.41) is 5.00. The Kier molecular flexibility index (Phi) is 4.27. The fraction of sp³-hybridized carbons (Fsp3) is 0.350. The summed E-state index contributed by atoms with van der Waals surface area (Å²) < 4.78 is 16.4. The highest BCUT2D eigenvalue weighted by atomic mass is 32.1. The summed E-state index contributed by atoms with van der Waals surface area (Å²) in [5.74, 6) is 0.575. The van der Waals surface area contributed by atoms with Gasteiger partial charge in [-0.2, -0.15) is 0 Å². The zero-order valence-electron chi connectivity index (χ0n) is 15.0. The van der Waals surface area contributed by atoms with E-state index in [-0.39, 0.29) is 30.2 Å². The number of hydrogen-bond donors (Lipinski definition) is 1. The molecule has 28 heavy (non-hydrogen) atoms. The maximum absolute atomic E-state index is 12.7. The van der Waals surface area contributed by atoms with Crippen molar-refractivity contribution < 1.29 is 23.8 Å². The van der Waals surface area contributed by atoms with Crippen molar-refractivity contribution in [3.63, 3.8) is 0 Å². The Morgan fingerprint density at radius 2 is 2.04 bits per heavy atom. The van der Waals surface area contributed by atoms with Crippen LogP contribution in [0.25, 0.3) is 11.3 Å². The minimum atomic E-state index is -0.472. The van der Waals surface area contributed by atoms with Crippen LogP contribution in [0.4, 0.5) is 5.13 Å². The predicted octanol–water partition coefficient (Wildman–Crippen LogP) is 3.52. The number of nitrogens with zero attached hydrogens (tertiary/aromatic N) is 1. The standard InChI is InChI=1S/C20H18N2O5S/c23-18-12-3-1-2-4-15(12)25-8-13(18)19(24)22-20-21-14(9-28-20)11-5-6-16-17(7-11)27-10-26-16/h5-9,12,15H,1-4,10H2,(H,21,22,24). The molecule has 1 aliphatic carbocycles. The van der Waals surface area contributed by atoms with Gasteiger partial charge in [-0.3, -0.25) is 14.9 Å². The van der Waals surface area contributed by atoms with Crippen molar-refractivity contribution in [3.05, 3.63) is 35.4 Å². The molecule has 2 aliphatic heterocycles. The highest BCUT2D eigenvalue weighted by Gasteiger charge is 2.39. The second kappa shape index (κ2) is 6.94. The first-order valence-corrected chi connectivity index (χ1v) is 10.1. The van der Waals surface area contributed by atoms with Crippen molar-refractivity contribution in [2.24, 2.45) is 5.92 Å². The van der Waals surface area contributed by atoms with Gasteiger partial charge in [0.15, 0.2) is 22.4 Å². The smallest absolute Gasteiger partial charge is 0.264 e. The van der Waals surface area contributed by atoms with Crippen LogP contribution in [0.5, 0.6) is 11.5 Å². The normalized spacial score (nSPS) is 22.9. The lowest BCUT2D eigenvalue weighted by Crippen LogP contribution is -2.39. The largest absolute Gasteiger partial charge is 0.496 e. The van der Waals surface area contributed by atoms with E-state index in [0.717, 1.165) is 31.2 Å². The fourth-order valence-electron chi connectivity index (χ4n) is 3.82. The van der Waals surface area contributed by atoms with Crippen molar-refractivity contribution in [3.8, 4) is 22.8 Å². The number of ether oxygens (including phenoxy) is 3. The van der Waals surface area contributed by atoms with Crippen molar-refractivity contribution in [2.75, 3.05) is 12.1 Å². The van der Waals surface area contributed by atoms with Crippen molar-refractivity contribution in [2.45, 2.75) is 31.8 Å². The van der Waals surface area contributed by atoms with E-state index < -0.39 is 5.91 Å². The average molecular weight is 398 g/mol. The van der Waals surface area contributed by atoms with Crippen LogP contribution in [0.1, 0.15) is 25.7 Å². The van der Waals surface area contributed by atoms with Gasteiger partial charge in [0.1, 0.15) is 11.7 Å². The summed E-state index contributed by atoms with van der Waals surface area (Å²) in [6, 6.07) is 5.57. The molecule has 1 N–H and O–H groups in total. The number of hydrogen-bond acceptors (Lipinski definition) is 7. The number of fused-ring (bicyclic) bond motifs is 2. The van der Waals surface area contributed by atoms with Gasteiger partial charge in [0.25, 0.3) is 5.91 Å². The van der Waals surface area contributed by atoms with Gasteiger partial charge in [0.05, 0.1) is 17.9 Å². The number of carbonyl (C=O) groups is 2. The number of amides is 1. The second-order valence-electron chi connectivity index (χ2n) is 7.02. The van der Waals surface area contributed by atoms with Gasteiger partial charge in [-0.15, -0.1) is 11.3 Å². The number of anilines is 1. The topological polar surface area (TPSA) is 86.8 Å². The third kappa shape index (κ3) is 3.03. The third-order valence-electron chi connectivity index (χ3n) is 5.30. The number of ketones is 1. The molecule has 0 spiro atoms. The van der Waals surface area contributed by atoms with Gasteiger partial charge in [0, 0.05) is 10.9 Å². The van der Waals surface area contributed by atoms with Gasteiger partial charge in [-0.1, -0.05) is 6.42 Å². The molecule has 2 unspecified atom stereocenters. The first kappa shape index (κ1) is 17.2. The Morgan fingerprint density at radius 1 is 1.18 bits per heavy atom. The molecule has 144 valence electrons. The highest BCUT2D eigenvalue weighted by molar-refractivity contribution is 7.14. The Balaban J connectivity index is 1.31. The van der Waals surface area contributed by atoms with Gasteiger partial charge in [0.2, 0.25) is 6.79 Å². The lowest BCUT2D eigenvalue weighted by molar-refractivity contribution is -0.129. The van der Waals surface area contributed by atoms with E-state index in [1.807, 2.05) is 23.6 Å². The average Bonchev–Trinajstić information content (AvgIpc) is 3.37. The molecule has 0 radical (unpaired) electrons. The van der Waals surface area contributed by atoms with E-state index in [4.69, 9.17) is 14.2 Å². The Hall–Kier alpha value is -2.87. The van der Waals surface area contributed by atoms with Crippen LogP contribution in [0, 0.1) is 5.92 Å². The van der Waals surface area contributed by atoms with Gasteiger partial charge < -0.3 is 14.2 Å². The predicted molar refractivity (Wildman–Crippen MR) is 102 cm³/mol. The maximum atomic E-state index is 12.7. The van der Waals surface area contributed by atoms with E-state index in [0.29, 0.717) is 22.3 Å². The highest BCUT2D eigenvalue weighted by Crippen LogP contribution is 2.37. The lowest BCUT2D eigenvalue weighted by atomic mass is 9.80. The Morgan fingerprint density at radius 3 is 2.96 bits per heavy atom. The van der Waals surface area contributed by atoms with Crippen LogP contribution in [0.3, 0.4) is 0 Å². The first-order valence-electron chi connectivity index (χ1n) is 9.26. The first-order chi connectivity index (χ1) is 13.7. The van der Waals surface area contributed by atoms with Crippen LogP contribution in [0.2, 0.25) is 0 Å². The minimum Gasteiger partial charge on any atom is -0.496 e. The van der Waals surface area contributed by atoms with E-state index in [9.17, 15) is 9.59 Å². The summed E-state index contributed by atoms with van der Waals surface area (Å²) >= 11 is 1.30. The zero-order chi connectivity index (χ0) is 19.1. The number of carbonyl (C=O) groups excluding carboxylic acids is 2. The minimum absolute atomic E-state index is 0.0722. The molecule has 1 saturated carbocycles. The molecule has 0 bridgehead atoms. The molecule has 1 aromatic heterocycles. The summed E-state index contributed by atoms with van der Waals surface area (Å²) in [5.41, 5.74) is 1.65. The van der Waals surface area contributed by atoms with Gasteiger partial charge in [-0.25, -0.2) is 4.98 Å². The van der Waals surface area contributed by atoms with Crippen LogP contribution in [-0.2, 0) is 14.3 Å². The molecule has 3 aliphatic rings. The van der Waals surface area contributed by atoms with Gasteiger partial charge >= 0.3 is 0 Å². The molecule has 2 atom stereocenters. The van der Waals surface area contributed by atoms with Crippen LogP contribution in [0.15, 0.2) is 35.4 Å². The fourth-order valence-corrected chi connectivity index (χ4v) is 4.54. The molecule has 2 aromatic rings. The maximum Gasteiger partial charge on any atom is 0.264 e. The lowest BCUT2D eigenvalue weighted by Gasteiger charge is -2.33. The monoisotopic (exact) mass is 398 g/mol. The van der Waals surface area contributed by atoms with E-state index in [2.05, 4.69) is 10.3 Å². The molecule has 5 rings (SSSR count). The second-order valence-corrected chi connectivity index (χ2v) is 7.88. The van der Waals surface area contributed by atoms with Crippen molar-refractivity contribution in [1.29, 1.82) is 0 Å². The summed E-state index contributed by atoms with van der Waals surface area (Å²) in [7, 11) is 0. The Labute approximate surface area is 165 Å². The number of Topliss-reactive ketones (excluding diaryl/α,β-unsaturated/α-hetero) is 1. The summed E-state index contributed by atoms with van der Waals surface area (Å²) in [4.78, 5) is 29.7. The molecule has 8 heteroatoms. The number of aromatic nitrogens is 1. The summed E-state index contributed by atoms with van der Waals surface area (Å²) in [6.45, 7) is 0.213. The molecule has 1 fully saturated rings. The molecule has 7 nitrogen and oxygen atoms in total. The van der Waals surface area contributed by atoms with Crippen LogP contribution >= 0.6 is 11.3 Å². The molecule has 3 heterocycles. The number of nitrogens with one attached hydrogen (secondary N) is 1. The quantitative estimate of drug-likeness (QED) is 0.796. The van der Waals surface area contributed by atoms with Crippen molar-refractivity contribution >= 4 is 28.2 Å². The third-order valence-corrected chi connectivity index (χ3v) is 6.06. The number of benzene rings is 1. The Bertz CT molecular complexity index is 983. The van der Waals surface area contributed by atoms with Crippen LogP contribution in [-0.4, -0.2) is 29.6 Å². The number of thiazole rings is 1. The summed E-state index contributed by atoms with van der Waals surface area (Å²) in [6.07, 6.45) is 4.93. The van der Waals surface area contributed by atoms with Crippen molar-refractivity contribution in [1.82, 2.24) is 4.98 Å². The molecular weight excluding hydrogens is 380 g/mol. The zero-order valence-corrected chi connectivity index (χ0v) is 15.8. The SMILES string of the molecule is O=C(Nc1nc(-c2ccc3c(c2)OCO3)cs1)C1=COC2CCCCC2C1=O. The number of rotatable bonds is 3. The molecular formula is C20H18N2O5S. The molecule has 1 amide bonds. The van der Waals surface area contributed by atoms with E-state index in [1.54, 1.807) is 0 Å². The van der Waals surface area contributed by atoms with Gasteiger partial charge in [-0.05, 0) is 37.5 Å².